The second-order valence-corrected chi connectivity index (χ2v) is 9.29. The third kappa shape index (κ3) is 5.62. The standard InChI is InChI=1S/C17H21FN4O2S2.HI/c1-20-16(21-10-14-5-6-15(25-14)26(19,23)24)22-11-17(7-8-17)12-3-2-4-13(18)9-12;/h2-6,9H,7-8,10-11H2,1H3,(H2,19,23,24)(H2,20,21,22);1H. The number of hydrogen-bond donors (Lipinski definition) is 3. The number of primary sulfonamides is 1. The van der Waals surface area contributed by atoms with Gasteiger partial charge in [-0.3, -0.25) is 4.99 Å². The smallest absolute Gasteiger partial charge is 0.247 e. The number of nitrogens with one attached hydrogen (secondary N) is 2. The monoisotopic (exact) mass is 524 g/mol. The molecule has 1 fully saturated rings. The highest BCUT2D eigenvalue weighted by Gasteiger charge is 2.44. The second kappa shape index (κ2) is 8.84. The molecule has 27 heavy (non-hydrogen) atoms. The highest BCUT2D eigenvalue weighted by atomic mass is 127. The van der Waals surface area contributed by atoms with E-state index >= 15 is 0 Å². The molecule has 0 atom stereocenters. The fourth-order valence-corrected chi connectivity index (χ4v) is 4.51. The van der Waals surface area contributed by atoms with Crippen molar-refractivity contribution in [1.82, 2.24) is 10.6 Å². The maximum atomic E-state index is 13.5. The molecule has 6 nitrogen and oxygen atoms in total. The van der Waals surface area contributed by atoms with Gasteiger partial charge in [0.1, 0.15) is 10.0 Å². The summed E-state index contributed by atoms with van der Waals surface area (Å²) in [5.74, 6) is 0.387. The summed E-state index contributed by atoms with van der Waals surface area (Å²) in [4.78, 5) is 5.02. The Hall–Kier alpha value is -1.24. The third-order valence-corrected chi connectivity index (χ3v) is 6.98. The third-order valence-electron chi connectivity index (χ3n) is 4.46. The Morgan fingerprint density at radius 2 is 2.04 bits per heavy atom. The molecule has 0 aliphatic heterocycles. The van der Waals surface area contributed by atoms with Crippen LogP contribution in [0.15, 0.2) is 45.6 Å². The normalized spacial score (nSPS) is 15.7. The molecule has 2 aromatic rings. The molecule has 0 unspecified atom stereocenters. The molecular formula is C17H22FIN4O2S2. The summed E-state index contributed by atoms with van der Waals surface area (Å²) in [6.07, 6.45) is 2.01. The summed E-state index contributed by atoms with van der Waals surface area (Å²) in [6.45, 7) is 1.09. The van der Waals surface area contributed by atoms with E-state index in [4.69, 9.17) is 5.14 Å². The maximum absolute atomic E-state index is 13.5. The molecule has 1 saturated carbocycles. The molecule has 0 saturated heterocycles. The quantitative estimate of drug-likeness (QED) is 0.308. The number of rotatable bonds is 6. The lowest BCUT2D eigenvalue weighted by Gasteiger charge is -2.19. The number of benzene rings is 1. The van der Waals surface area contributed by atoms with Crippen molar-refractivity contribution in [2.24, 2.45) is 10.1 Å². The number of hydrogen-bond acceptors (Lipinski definition) is 4. The van der Waals surface area contributed by atoms with Gasteiger partial charge in [0.2, 0.25) is 10.0 Å². The number of halogens is 2. The summed E-state index contributed by atoms with van der Waals surface area (Å²) in [7, 11) is -2.00. The summed E-state index contributed by atoms with van der Waals surface area (Å²) < 4.78 is 36.3. The van der Waals surface area contributed by atoms with Crippen molar-refractivity contribution in [3.63, 3.8) is 0 Å². The van der Waals surface area contributed by atoms with Gasteiger partial charge in [0, 0.05) is 23.9 Å². The lowest BCUT2D eigenvalue weighted by Crippen LogP contribution is -2.40. The van der Waals surface area contributed by atoms with Crippen LogP contribution in [0.1, 0.15) is 23.3 Å². The van der Waals surface area contributed by atoms with Crippen molar-refractivity contribution < 1.29 is 12.8 Å². The van der Waals surface area contributed by atoms with Crippen molar-refractivity contribution >= 4 is 51.3 Å². The van der Waals surface area contributed by atoms with Crippen molar-refractivity contribution in [1.29, 1.82) is 0 Å². The van der Waals surface area contributed by atoms with Gasteiger partial charge < -0.3 is 10.6 Å². The predicted octanol–water partition coefficient (Wildman–Crippen LogP) is 2.55. The minimum Gasteiger partial charge on any atom is -0.356 e. The summed E-state index contributed by atoms with van der Waals surface area (Å²) in [6, 6.07) is 9.94. The molecular weight excluding hydrogens is 502 g/mol. The zero-order valence-corrected chi connectivity index (χ0v) is 18.7. The fraction of sp³-hybridized carbons (Fsp3) is 0.353. The van der Waals surface area contributed by atoms with E-state index in [9.17, 15) is 12.8 Å². The molecule has 1 aromatic carbocycles. The van der Waals surface area contributed by atoms with Crippen LogP contribution in [-0.2, 0) is 22.0 Å². The molecule has 0 spiro atoms. The van der Waals surface area contributed by atoms with E-state index < -0.39 is 10.0 Å². The van der Waals surface area contributed by atoms with E-state index in [1.54, 1.807) is 25.2 Å². The largest absolute Gasteiger partial charge is 0.356 e. The highest BCUT2D eigenvalue weighted by Crippen LogP contribution is 2.47. The van der Waals surface area contributed by atoms with E-state index in [0.29, 0.717) is 19.0 Å². The number of nitrogens with two attached hydrogens (primary N) is 1. The van der Waals surface area contributed by atoms with Crippen molar-refractivity contribution in [3.05, 3.63) is 52.7 Å². The molecule has 4 N–H and O–H groups in total. The zero-order valence-electron chi connectivity index (χ0n) is 14.7. The van der Waals surface area contributed by atoms with Gasteiger partial charge in [0.25, 0.3) is 0 Å². The number of sulfonamides is 1. The molecule has 148 valence electrons. The van der Waals surface area contributed by atoms with Gasteiger partial charge >= 0.3 is 0 Å². The summed E-state index contributed by atoms with van der Waals surface area (Å²) in [5.41, 5.74) is 0.945. The number of nitrogens with zero attached hydrogens (tertiary/aromatic N) is 1. The average Bonchev–Trinajstić information content (AvgIpc) is 3.22. The SMILES string of the molecule is CN=C(NCc1ccc(S(N)(=O)=O)s1)NCC1(c2cccc(F)c2)CC1.I. The minimum atomic E-state index is -3.67. The molecule has 1 aliphatic rings. The van der Waals surface area contributed by atoms with Crippen molar-refractivity contribution in [3.8, 4) is 0 Å². The van der Waals surface area contributed by atoms with Gasteiger partial charge in [-0.2, -0.15) is 0 Å². The van der Waals surface area contributed by atoms with Crippen LogP contribution >= 0.6 is 35.3 Å². The Labute approximate surface area is 179 Å². The molecule has 1 aromatic heterocycles. The van der Waals surface area contributed by atoms with Crippen molar-refractivity contribution in [2.75, 3.05) is 13.6 Å². The summed E-state index contributed by atoms with van der Waals surface area (Å²) >= 11 is 1.13. The van der Waals surface area contributed by atoms with Gasteiger partial charge in [0.05, 0.1) is 6.54 Å². The maximum Gasteiger partial charge on any atom is 0.247 e. The Kier molecular flexibility index (Phi) is 7.22. The van der Waals surface area contributed by atoms with Gasteiger partial charge in [-0.25, -0.2) is 17.9 Å². The van der Waals surface area contributed by atoms with Gasteiger partial charge in [-0.15, -0.1) is 35.3 Å². The van der Waals surface area contributed by atoms with Gasteiger partial charge in [-0.1, -0.05) is 12.1 Å². The minimum absolute atomic E-state index is 0. The first-order valence-corrected chi connectivity index (χ1v) is 10.5. The first-order valence-electron chi connectivity index (χ1n) is 8.14. The molecule has 0 radical (unpaired) electrons. The van der Waals surface area contributed by atoms with Crippen LogP contribution in [0, 0.1) is 5.82 Å². The Morgan fingerprint density at radius 1 is 1.30 bits per heavy atom. The van der Waals surface area contributed by atoms with Gasteiger partial charge in [-0.05, 0) is 42.7 Å². The Bertz CT molecular complexity index is 927. The Balaban J connectivity index is 0.00000261. The van der Waals surface area contributed by atoms with Gasteiger partial charge in [0.15, 0.2) is 5.96 Å². The highest BCUT2D eigenvalue weighted by molar-refractivity contribution is 14.0. The predicted molar refractivity (Wildman–Crippen MR) is 117 cm³/mol. The van der Waals surface area contributed by atoms with E-state index in [0.717, 1.165) is 34.6 Å². The molecule has 0 bridgehead atoms. The van der Waals surface area contributed by atoms with Crippen LogP contribution in [0.2, 0.25) is 0 Å². The van der Waals surface area contributed by atoms with Crippen LogP contribution in [0.5, 0.6) is 0 Å². The van der Waals surface area contributed by atoms with Crippen LogP contribution in [-0.4, -0.2) is 28.0 Å². The van der Waals surface area contributed by atoms with Crippen LogP contribution in [0.3, 0.4) is 0 Å². The summed E-state index contributed by atoms with van der Waals surface area (Å²) in [5, 5.41) is 11.5. The Morgan fingerprint density at radius 3 is 2.59 bits per heavy atom. The fourth-order valence-electron chi connectivity index (χ4n) is 2.79. The lowest BCUT2D eigenvalue weighted by atomic mass is 9.96. The first-order chi connectivity index (χ1) is 12.3. The van der Waals surface area contributed by atoms with E-state index in [1.807, 2.05) is 6.07 Å². The topological polar surface area (TPSA) is 96.6 Å². The number of guanidine groups is 1. The zero-order chi connectivity index (χ0) is 18.8. The molecule has 1 heterocycles. The second-order valence-electron chi connectivity index (χ2n) is 6.34. The lowest BCUT2D eigenvalue weighted by molar-refractivity contribution is 0.599. The van der Waals surface area contributed by atoms with E-state index in [2.05, 4.69) is 15.6 Å². The van der Waals surface area contributed by atoms with E-state index in [1.165, 1.54) is 12.1 Å². The number of aliphatic imine (C=N–C) groups is 1. The molecule has 10 heteroatoms. The number of thiophene rings is 1. The van der Waals surface area contributed by atoms with E-state index in [-0.39, 0.29) is 39.4 Å². The average molecular weight is 524 g/mol. The van der Waals surface area contributed by atoms with Crippen LogP contribution < -0.4 is 15.8 Å². The molecule has 1 aliphatic carbocycles. The molecule has 3 rings (SSSR count). The van der Waals surface area contributed by atoms with Crippen LogP contribution in [0.25, 0.3) is 0 Å². The van der Waals surface area contributed by atoms with Crippen LogP contribution in [0.4, 0.5) is 4.39 Å². The van der Waals surface area contributed by atoms with Crippen molar-refractivity contribution in [2.45, 2.75) is 29.0 Å². The first kappa shape index (κ1) is 22.1. The molecule has 0 amide bonds.